The maximum Gasteiger partial charge on any atom is 0.0790 e. The van der Waals surface area contributed by atoms with Gasteiger partial charge >= 0.3 is 0 Å². The molecule has 1 aliphatic carbocycles. The zero-order valence-corrected chi connectivity index (χ0v) is 11.2. The van der Waals surface area contributed by atoms with Gasteiger partial charge in [0.25, 0.3) is 0 Å². The molecule has 5 heteroatoms. The number of aromatic nitrogens is 2. The van der Waals surface area contributed by atoms with Gasteiger partial charge in [0.05, 0.1) is 16.9 Å². The van der Waals surface area contributed by atoms with Crippen molar-refractivity contribution >= 4 is 23.2 Å². The molecule has 0 bridgehead atoms. The van der Waals surface area contributed by atoms with E-state index in [-0.39, 0.29) is 0 Å². The Balaban J connectivity index is 1.79. The predicted octanol–water partition coefficient (Wildman–Crippen LogP) is 3.43. The number of nitrogens with one attached hydrogen (secondary N) is 1. The van der Waals surface area contributed by atoms with Gasteiger partial charge in [-0.25, -0.2) is 4.68 Å². The highest BCUT2D eigenvalue weighted by atomic mass is 35.5. The van der Waals surface area contributed by atoms with Crippen molar-refractivity contribution in [2.24, 2.45) is 0 Å². The van der Waals surface area contributed by atoms with E-state index in [0.717, 1.165) is 22.8 Å². The van der Waals surface area contributed by atoms with Gasteiger partial charge in [0.15, 0.2) is 0 Å². The Kier molecular flexibility index (Phi) is 3.29. The molecule has 3 nitrogen and oxygen atoms in total. The van der Waals surface area contributed by atoms with Crippen LogP contribution >= 0.6 is 23.2 Å². The molecule has 1 fully saturated rings. The lowest BCUT2D eigenvalue weighted by molar-refractivity contribution is 0.687. The molecule has 0 saturated heterocycles. The van der Waals surface area contributed by atoms with Crippen molar-refractivity contribution in [1.82, 2.24) is 15.1 Å². The minimum Gasteiger partial charge on any atom is -0.310 e. The average Bonchev–Trinajstić information content (AvgIpc) is 3.08. The van der Waals surface area contributed by atoms with Crippen LogP contribution in [0.25, 0.3) is 5.69 Å². The van der Waals surface area contributed by atoms with Gasteiger partial charge in [0, 0.05) is 23.8 Å². The van der Waals surface area contributed by atoms with E-state index in [1.54, 1.807) is 17.1 Å². The zero-order chi connectivity index (χ0) is 12.5. The Morgan fingerprint density at radius 2 is 2.17 bits per heavy atom. The van der Waals surface area contributed by atoms with Gasteiger partial charge in [0.2, 0.25) is 0 Å². The third-order valence-electron chi connectivity index (χ3n) is 3.01. The van der Waals surface area contributed by atoms with Gasteiger partial charge in [-0.1, -0.05) is 29.3 Å². The van der Waals surface area contributed by atoms with Crippen molar-refractivity contribution < 1.29 is 0 Å². The highest BCUT2D eigenvalue weighted by Gasteiger charge is 2.20. The summed E-state index contributed by atoms with van der Waals surface area (Å²) < 4.78 is 1.71. The maximum atomic E-state index is 6.28. The third kappa shape index (κ3) is 2.69. The number of rotatable bonds is 4. The van der Waals surface area contributed by atoms with E-state index < -0.39 is 0 Å². The molecule has 2 aromatic rings. The maximum absolute atomic E-state index is 6.28. The minimum absolute atomic E-state index is 0.616. The first kappa shape index (κ1) is 12.0. The second-order valence-electron chi connectivity index (χ2n) is 4.53. The molecule has 94 valence electrons. The topological polar surface area (TPSA) is 29.9 Å². The number of hydrogen-bond donors (Lipinski definition) is 1. The zero-order valence-electron chi connectivity index (χ0n) is 9.74. The summed E-state index contributed by atoms with van der Waals surface area (Å²) in [5.74, 6) is 0. The lowest BCUT2D eigenvalue weighted by Gasteiger charge is -2.08. The SMILES string of the molecule is Clc1cnn(-c2ccc(CNC3CC3)c(Cl)c2)c1. The van der Waals surface area contributed by atoms with Gasteiger partial charge in [0.1, 0.15) is 0 Å². The van der Waals surface area contributed by atoms with Gasteiger partial charge in [-0.3, -0.25) is 0 Å². The molecule has 0 atom stereocenters. The fraction of sp³-hybridized carbons (Fsp3) is 0.308. The normalized spacial score (nSPS) is 15.0. The lowest BCUT2D eigenvalue weighted by Crippen LogP contribution is -2.15. The first-order chi connectivity index (χ1) is 8.72. The van der Waals surface area contributed by atoms with Crippen LogP contribution in [0.5, 0.6) is 0 Å². The molecule has 1 aromatic heterocycles. The molecule has 18 heavy (non-hydrogen) atoms. The van der Waals surface area contributed by atoms with E-state index in [2.05, 4.69) is 10.4 Å². The summed E-state index contributed by atoms with van der Waals surface area (Å²) in [5.41, 5.74) is 2.03. The largest absolute Gasteiger partial charge is 0.310 e. The van der Waals surface area contributed by atoms with Gasteiger partial charge in [-0.2, -0.15) is 5.10 Å². The minimum atomic E-state index is 0.616. The van der Waals surface area contributed by atoms with Crippen LogP contribution in [0.1, 0.15) is 18.4 Å². The van der Waals surface area contributed by atoms with E-state index in [4.69, 9.17) is 23.2 Å². The number of benzene rings is 1. The molecule has 0 aliphatic heterocycles. The Morgan fingerprint density at radius 1 is 1.33 bits per heavy atom. The van der Waals surface area contributed by atoms with Crippen LogP contribution in [-0.4, -0.2) is 15.8 Å². The summed E-state index contributed by atoms with van der Waals surface area (Å²) in [6, 6.07) is 6.63. The van der Waals surface area contributed by atoms with E-state index in [1.165, 1.54) is 12.8 Å². The molecule has 1 aromatic carbocycles. The second kappa shape index (κ2) is 4.92. The number of halogens is 2. The van der Waals surface area contributed by atoms with E-state index >= 15 is 0 Å². The summed E-state index contributed by atoms with van der Waals surface area (Å²) in [6.45, 7) is 0.823. The fourth-order valence-electron chi connectivity index (χ4n) is 1.81. The molecule has 1 heterocycles. The lowest BCUT2D eigenvalue weighted by atomic mass is 10.2. The van der Waals surface area contributed by atoms with Crippen molar-refractivity contribution in [2.45, 2.75) is 25.4 Å². The summed E-state index contributed by atoms with van der Waals surface area (Å²) in [5, 5.41) is 8.97. The van der Waals surface area contributed by atoms with Crippen LogP contribution in [0.4, 0.5) is 0 Å². The summed E-state index contributed by atoms with van der Waals surface area (Å²) in [4.78, 5) is 0. The smallest absolute Gasteiger partial charge is 0.0790 e. The van der Waals surface area contributed by atoms with Crippen LogP contribution in [0.2, 0.25) is 10.0 Å². The van der Waals surface area contributed by atoms with E-state index in [0.29, 0.717) is 11.1 Å². The molecular weight excluding hydrogens is 269 g/mol. The molecule has 0 amide bonds. The predicted molar refractivity (Wildman–Crippen MR) is 73.4 cm³/mol. The fourth-order valence-corrected chi connectivity index (χ4v) is 2.18. The number of hydrogen-bond acceptors (Lipinski definition) is 2. The molecule has 0 radical (unpaired) electrons. The van der Waals surface area contributed by atoms with E-state index in [9.17, 15) is 0 Å². The van der Waals surface area contributed by atoms with Gasteiger partial charge in [-0.15, -0.1) is 0 Å². The quantitative estimate of drug-likeness (QED) is 0.931. The summed E-state index contributed by atoms with van der Waals surface area (Å²) in [6.07, 6.45) is 5.93. The molecule has 3 rings (SSSR count). The van der Waals surface area contributed by atoms with E-state index in [1.807, 2.05) is 18.2 Å². The van der Waals surface area contributed by atoms with Gasteiger partial charge < -0.3 is 5.32 Å². The molecule has 1 aliphatic rings. The molecule has 1 N–H and O–H groups in total. The Bertz CT molecular complexity index is 561. The Labute approximate surface area is 116 Å². The summed E-state index contributed by atoms with van der Waals surface area (Å²) >= 11 is 12.1. The van der Waals surface area contributed by atoms with Crippen molar-refractivity contribution in [1.29, 1.82) is 0 Å². The number of nitrogens with zero attached hydrogens (tertiary/aromatic N) is 2. The molecule has 0 unspecified atom stereocenters. The van der Waals surface area contributed by atoms with Crippen molar-refractivity contribution in [3.8, 4) is 5.69 Å². The molecule has 0 spiro atoms. The average molecular weight is 282 g/mol. The Morgan fingerprint density at radius 3 is 2.78 bits per heavy atom. The molecule has 1 saturated carbocycles. The van der Waals surface area contributed by atoms with Crippen molar-refractivity contribution in [2.75, 3.05) is 0 Å². The standard InChI is InChI=1S/C13H13Cl2N3/c14-10-7-17-18(8-10)12-4-1-9(13(15)5-12)6-16-11-2-3-11/h1,4-5,7-8,11,16H,2-3,6H2. The first-order valence-electron chi connectivity index (χ1n) is 5.95. The highest BCUT2D eigenvalue weighted by Crippen LogP contribution is 2.23. The van der Waals surface area contributed by atoms with Crippen LogP contribution in [-0.2, 0) is 6.54 Å². The summed E-state index contributed by atoms with van der Waals surface area (Å²) in [7, 11) is 0. The first-order valence-corrected chi connectivity index (χ1v) is 6.70. The van der Waals surface area contributed by atoms with Crippen LogP contribution in [0.15, 0.2) is 30.6 Å². The van der Waals surface area contributed by atoms with Crippen LogP contribution in [0.3, 0.4) is 0 Å². The monoisotopic (exact) mass is 281 g/mol. The van der Waals surface area contributed by atoms with Crippen molar-refractivity contribution in [3.63, 3.8) is 0 Å². The Hall–Kier alpha value is -1.03. The van der Waals surface area contributed by atoms with Crippen LogP contribution < -0.4 is 5.32 Å². The third-order valence-corrected chi connectivity index (χ3v) is 3.56. The second-order valence-corrected chi connectivity index (χ2v) is 5.38. The van der Waals surface area contributed by atoms with Gasteiger partial charge in [-0.05, 0) is 30.5 Å². The van der Waals surface area contributed by atoms with Crippen LogP contribution in [0, 0.1) is 0 Å². The highest BCUT2D eigenvalue weighted by molar-refractivity contribution is 6.31. The molecular formula is C13H13Cl2N3. The van der Waals surface area contributed by atoms with Crippen molar-refractivity contribution in [3.05, 3.63) is 46.2 Å².